The maximum Gasteiger partial charge on any atom is 0.262 e. The highest BCUT2D eigenvalue weighted by molar-refractivity contribution is 7.99. The Morgan fingerprint density at radius 3 is 2.74 bits per heavy atom. The molecule has 0 radical (unpaired) electrons. The van der Waals surface area contributed by atoms with Gasteiger partial charge in [0.1, 0.15) is 0 Å². The lowest BCUT2D eigenvalue weighted by atomic mass is 10.2. The van der Waals surface area contributed by atoms with E-state index in [2.05, 4.69) is 10.3 Å². The van der Waals surface area contributed by atoms with Gasteiger partial charge in [-0.2, -0.15) is 0 Å². The lowest BCUT2D eigenvalue weighted by Crippen LogP contribution is -2.24. The van der Waals surface area contributed by atoms with Gasteiger partial charge >= 0.3 is 0 Å². The van der Waals surface area contributed by atoms with Crippen LogP contribution < -0.4 is 10.9 Å². The Labute approximate surface area is 170 Å². The third-order valence-corrected chi connectivity index (χ3v) is 5.35. The fraction of sp³-hybridized carbons (Fsp3) is 0.211. The van der Waals surface area contributed by atoms with Crippen LogP contribution in [-0.2, 0) is 11.3 Å². The Kier molecular flexibility index (Phi) is 6.42. The molecule has 8 heteroatoms. The van der Waals surface area contributed by atoms with Crippen molar-refractivity contribution in [3.8, 4) is 0 Å². The van der Waals surface area contributed by atoms with Crippen molar-refractivity contribution in [3.63, 3.8) is 0 Å². The zero-order valence-corrected chi connectivity index (χ0v) is 16.9. The van der Waals surface area contributed by atoms with Crippen LogP contribution in [0.25, 0.3) is 10.9 Å². The van der Waals surface area contributed by atoms with Gasteiger partial charge in [0.2, 0.25) is 5.91 Å². The molecule has 0 spiro atoms. The van der Waals surface area contributed by atoms with Crippen molar-refractivity contribution in [2.24, 2.45) is 0 Å². The fourth-order valence-corrected chi connectivity index (χ4v) is 3.76. The molecule has 3 aromatic rings. The molecular formula is C19H17Cl2N3O2S. The number of hydrogen-bond donors (Lipinski definition) is 1. The SMILES string of the molecule is CCCn1c(SCC(=O)Nc2ccccc2Cl)nc2cc(Cl)ccc2c1=O. The Morgan fingerprint density at radius 2 is 2.00 bits per heavy atom. The van der Waals surface area contributed by atoms with Crippen molar-refractivity contribution in [2.45, 2.75) is 25.0 Å². The summed E-state index contributed by atoms with van der Waals surface area (Å²) in [6.45, 7) is 2.51. The van der Waals surface area contributed by atoms with E-state index in [0.29, 0.717) is 38.3 Å². The predicted molar refractivity (Wildman–Crippen MR) is 112 cm³/mol. The van der Waals surface area contributed by atoms with E-state index in [9.17, 15) is 9.59 Å². The molecule has 3 rings (SSSR count). The molecule has 1 amide bonds. The summed E-state index contributed by atoms with van der Waals surface area (Å²) in [7, 11) is 0. The molecule has 2 aromatic carbocycles. The number of rotatable bonds is 6. The van der Waals surface area contributed by atoms with Gasteiger partial charge in [-0.1, -0.05) is 54.0 Å². The van der Waals surface area contributed by atoms with Crippen molar-refractivity contribution >= 4 is 57.5 Å². The number of hydrogen-bond acceptors (Lipinski definition) is 4. The maximum absolute atomic E-state index is 12.8. The topological polar surface area (TPSA) is 64.0 Å². The first-order valence-corrected chi connectivity index (χ1v) is 10.1. The fourth-order valence-electron chi connectivity index (χ4n) is 2.58. The number of carbonyl (C=O) groups excluding carboxylic acids is 1. The average Bonchev–Trinajstić information content (AvgIpc) is 2.64. The summed E-state index contributed by atoms with van der Waals surface area (Å²) in [6.07, 6.45) is 0.778. The highest BCUT2D eigenvalue weighted by Crippen LogP contribution is 2.23. The number of carbonyl (C=O) groups is 1. The molecule has 1 N–H and O–H groups in total. The van der Waals surface area contributed by atoms with Gasteiger partial charge in [0.15, 0.2) is 5.16 Å². The van der Waals surface area contributed by atoms with Crippen molar-refractivity contribution in [1.29, 1.82) is 0 Å². The molecule has 0 fully saturated rings. The molecule has 0 atom stereocenters. The smallest absolute Gasteiger partial charge is 0.262 e. The summed E-state index contributed by atoms with van der Waals surface area (Å²) in [4.78, 5) is 29.6. The molecule has 0 bridgehead atoms. The third-order valence-electron chi connectivity index (χ3n) is 3.81. The van der Waals surface area contributed by atoms with Crippen LogP contribution in [0.4, 0.5) is 5.69 Å². The van der Waals surface area contributed by atoms with Crippen molar-refractivity contribution < 1.29 is 4.79 Å². The Morgan fingerprint density at radius 1 is 1.22 bits per heavy atom. The normalized spacial score (nSPS) is 10.9. The number of nitrogens with one attached hydrogen (secondary N) is 1. The Bertz CT molecular complexity index is 1050. The van der Waals surface area contributed by atoms with Crippen LogP contribution in [0.1, 0.15) is 13.3 Å². The summed E-state index contributed by atoms with van der Waals surface area (Å²) in [5.41, 5.74) is 0.940. The molecule has 27 heavy (non-hydrogen) atoms. The van der Waals surface area contributed by atoms with Crippen LogP contribution in [0.5, 0.6) is 0 Å². The molecule has 1 aromatic heterocycles. The molecule has 0 aliphatic heterocycles. The van der Waals surface area contributed by atoms with Gasteiger partial charge in [0.25, 0.3) is 5.56 Å². The van der Waals surface area contributed by atoms with E-state index >= 15 is 0 Å². The van der Waals surface area contributed by atoms with E-state index < -0.39 is 0 Å². The predicted octanol–water partition coefficient (Wildman–Crippen LogP) is 4.84. The molecular weight excluding hydrogens is 405 g/mol. The van der Waals surface area contributed by atoms with E-state index in [4.69, 9.17) is 23.2 Å². The summed E-state index contributed by atoms with van der Waals surface area (Å²) >= 11 is 13.3. The summed E-state index contributed by atoms with van der Waals surface area (Å²) in [6, 6.07) is 12.0. The number of fused-ring (bicyclic) bond motifs is 1. The van der Waals surface area contributed by atoms with E-state index in [-0.39, 0.29) is 17.2 Å². The van der Waals surface area contributed by atoms with Crippen molar-refractivity contribution in [3.05, 3.63) is 62.9 Å². The first-order valence-electron chi connectivity index (χ1n) is 8.37. The maximum atomic E-state index is 12.8. The van der Waals surface area contributed by atoms with Gasteiger partial charge in [-0.05, 0) is 36.8 Å². The zero-order valence-electron chi connectivity index (χ0n) is 14.5. The molecule has 0 saturated carbocycles. The van der Waals surface area contributed by atoms with Crippen LogP contribution in [0.15, 0.2) is 52.4 Å². The van der Waals surface area contributed by atoms with Crippen LogP contribution in [0.2, 0.25) is 10.0 Å². The summed E-state index contributed by atoms with van der Waals surface area (Å²) < 4.78 is 1.60. The number of halogens is 2. The Hall–Kier alpha value is -2.02. The second kappa shape index (κ2) is 8.78. The van der Waals surface area contributed by atoms with E-state index in [1.165, 1.54) is 11.8 Å². The molecule has 140 valence electrons. The number of benzene rings is 2. The van der Waals surface area contributed by atoms with Crippen molar-refractivity contribution in [2.75, 3.05) is 11.1 Å². The first-order chi connectivity index (χ1) is 13.0. The number of aromatic nitrogens is 2. The van der Waals surface area contributed by atoms with E-state index in [0.717, 1.165) is 6.42 Å². The largest absolute Gasteiger partial charge is 0.324 e. The first kappa shape index (κ1) is 19.7. The second-order valence-corrected chi connectivity index (χ2v) is 7.62. The lowest BCUT2D eigenvalue weighted by molar-refractivity contribution is -0.113. The average molecular weight is 422 g/mol. The molecule has 0 unspecified atom stereocenters. The second-order valence-electron chi connectivity index (χ2n) is 5.83. The number of anilines is 1. The number of para-hydroxylation sites is 1. The van der Waals surface area contributed by atoms with Gasteiger partial charge in [0.05, 0.1) is 27.4 Å². The van der Waals surface area contributed by atoms with Gasteiger partial charge < -0.3 is 5.32 Å². The summed E-state index contributed by atoms with van der Waals surface area (Å²) in [5, 5.41) is 4.75. The van der Waals surface area contributed by atoms with Crippen LogP contribution >= 0.6 is 35.0 Å². The quantitative estimate of drug-likeness (QED) is 0.456. The van der Waals surface area contributed by atoms with Crippen LogP contribution in [0.3, 0.4) is 0 Å². The minimum Gasteiger partial charge on any atom is -0.324 e. The number of amides is 1. The highest BCUT2D eigenvalue weighted by atomic mass is 35.5. The van der Waals surface area contributed by atoms with Crippen molar-refractivity contribution in [1.82, 2.24) is 9.55 Å². The molecule has 1 heterocycles. The Balaban J connectivity index is 1.85. The molecule has 0 saturated heterocycles. The number of nitrogens with zero attached hydrogens (tertiary/aromatic N) is 2. The number of thioether (sulfide) groups is 1. The standard InChI is InChI=1S/C19H17Cl2N3O2S/c1-2-9-24-18(26)13-8-7-12(20)10-16(13)23-19(24)27-11-17(25)22-15-6-4-3-5-14(15)21/h3-8,10H,2,9,11H2,1H3,(H,22,25). The minimum atomic E-state index is -0.225. The molecule has 0 aliphatic carbocycles. The van der Waals surface area contributed by atoms with Gasteiger partial charge in [-0.25, -0.2) is 4.98 Å². The van der Waals surface area contributed by atoms with Crippen LogP contribution in [-0.4, -0.2) is 21.2 Å². The van der Waals surface area contributed by atoms with Gasteiger partial charge in [0, 0.05) is 11.6 Å². The minimum absolute atomic E-state index is 0.105. The monoisotopic (exact) mass is 421 g/mol. The van der Waals surface area contributed by atoms with E-state index in [1.54, 1.807) is 47.0 Å². The van der Waals surface area contributed by atoms with E-state index in [1.807, 2.05) is 6.92 Å². The van der Waals surface area contributed by atoms with Crippen LogP contribution in [0, 0.1) is 0 Å². The molecule has 5 nitrogen and oxygen atoms in total. The molecule has 0 aliphatic rings. The zero-order chi connectivity index (χ0) is 19.4. The van der Waals surface area contributed by atoms with Gasteiger partial charge in [-0.3, -0.25) is 14.2 Å². The highest BCUT2D eigenvalue weighted by Gasteiger charge is 2.14. The van der Waals surface area contributed by atoms with Gasteiger partial charge in [-0.15, -0.1) is 0 Å². The summed E-state index contributed by atoms with van der Waals surface area (Å²) in [5.74, 6) is -0.121. The third kappa shape index (κ3) is 4.64. The lowest BCUT2D eigenvalue weighted by Gasteiger charge is -2.12.